The second-order valence-corrected chi connectivity index (χ2v) is 22.9. The number of carboxylic acid groups (broad SMARTS) is 4. The average Bonchev–Trinajstić information content (AvgIpc) is 2.64. The van der Waals surface area contributed by atoms with E-state index in [-0.39, 0.29) is 81.7 Å². The molecular formula is C59H88N10O13. The fourth-order valence-electron chi connectivity index (χ4n) is 12.0. The Labute approximate surface area is 482 Å². The van der Waals surface area contributed by atoms with E-state index in [4.69, 9.17) is 14.6 Å². The molecule has 452 valence electrons. The molecule has 3 aliphatic rings. The van der Waals surface area contributed by atoms with E-state index in [9.17, 15) is 54.0 Å². The highest BCUT2D eigenvalue weighted by Gasteiger charge is 2.53. The van der Waals surface area contributed by atoms with Crippen LogP contribution in [0.1, 0.15) is 104 Å². The summed E-state index contributed by atoms with van der Waals surface area (Å²) in [6, 6.07) is 12.5. The van der Waals surface area contributed by atoms with Gasteiger partial charge < -0.3 is 49.9 Å². The first-order valence-corrected chi connectivity index (χ1v) is 28.8. The predicted molar refractivity (Wildman–Crippen MR) is 308 cm³/mol. The number of fused-ring (bicyclic) bond motifs is 2. The second-order valence-electron chi connectivity index (χ2n) is 22.9. The number of rotatable bonds is 26. The molecule has 2 aliphatic carbocycles. The summed E-state index contributed by atoms with van der Waals surface area (Å²) in [5.41, 5.74) is 1.51. The monoisotopic (exact) mass is 1140 g/mol. The Morgan fingerprint density at radius 2 is 1.22 bits per heavy atom. The van der Waals surface area contributed by atoms with Crippen LogP contribution in [0.5, 0.6) is 11.5 Å². The van der Waals surface area contributed by atoms with Crippen LogP contribution in [0.3, 0.4) is 0 Å². The third kappa shape index (κ3) is 17.2. The molecule has 1 aromatic heterocycles. The van der Waals surface area contributed by atoms with Gasteiger partial charge >= 0.3 is 23.9 Å². The summed E-state index contributed by atoms with van der Waals surface area (Å²) in [6.07, 6.45) is 5.98. The number of hydrogen-bond donors (Lipinski definition) is 5. The minimum atomic E-state index is -1.43. The van der Waals surface area contributed by atoms with Crippen molar-refractivity contribution in [2.75, 3.05) is 140 Å². The molecule has 1 aliphatic heterocycles. The summed E-state index contributed by atoms with van der Waals surface area (Å²) in [5.74, 6) is -3.49. The SMILES string of the molecule is CCC1CC2CCC(NC(=O)c3cc(-c4c(OC)cccc4OC)n(-c4ccc(C(=O)N(C)CCCN(C)CCCN(C)C(=O)CN5CCN(CC(=O)O)CCN(CC(=O)O)CCN(CC(=O)O)CC5)cc4C(C)C)n3)(C(=O)O)C(C1)C2. The zero-order valence-electron chi connectivity index (χ0n) is 49.3. The molecule has 3 amide bonds. The Morgan fingerprint density at radius 1 is 0.695 bits per heavy atom. The number of nitrogens with one attached hydrogen (secondary N) is 1. The van der Waals surface area contributed by atoms with Crippen LogP contribution >= 0.6 is 0 Å². The van der Waals surface area contributed by atoms with Crippen LogP contribution in [-0.2, 0) is 24.0 Å². The van der Waals surface area contributed by atoms with Gasteiger partial charge in [-0.15, -0.1) is 0 Å². The number of aliphatic carboxylic acids is 4. The molecule has 3 fully saturated rings. The van der Waals surface area contributed by atoms with Crippen molar-refractivity contribution in [3.8, 4) is 28.4 Å². The lowest BCUT2D eigenvalue weighted by molar-refractivity contribution is -0.151. The highest BCUT2D eigenvalue weighted by Crippen LogP contribution is 2.49. The average molecular weight is 1150 g/mol. The van der Waals surface area contributed by atoms with E-state index in [1.807, 2.05) is 37.9 Å². The van der Waals surface area contributed by atoms with E-state index in [2.05, 4.69) is 17.1 Å². The zero-order chi connectivity index (χ0) is 59.8. The molecule has 0 radical (unpaired) electrons. The first-order chi connectivity index (χ1) is 39.0. The largest absolute Gasteiger partial charge is 0.496 e. The number of carbonyl (C=O) groups is 7. The Kier molecular flexibility index (Phi) is 23.6. The summed E-state index contributed by atoms with van der Waals surface area (Å²) in [7, 11) is 8.59. The van der Waals surface area contributed by atoms with Crippen LogP contribution in [0.15, 0.2) is 42.5 Å². The van der Waals surface area contributed by atoms with Crippen molar-refractivity contribution in [3.05, 3.63) is 59.3 Å². The van der Waals surface area contributed by atoms with Gasteiger partial charge in [-0.1, -0.05) is 33.3 Å². The van der Waals surface area contributed by atoms with E-state index >= 15 is 0 Å². The molecule has 0 spiro atoms. The molecule has 4 atom stereocenters. The topological polar surface area (TPSA) is 271 Å². The van der Waals surface area contributed by atoms with Crippen molar-refractivity contribution < 1.29 is 63.5 Å². The fourth-order valence-corrected chi connectivity index (χ4v) is 12.0. The first-order valence-electron chi connectivity index (χ1n) is 28.8. The van der Waals surface area contributed by atoms with Crippen molar-refractivity contribution in [2.24, 2.45) is 17.8 Å². The van der Waals surface area contributed by atoms with Gasteiger partial charge in [0.05, 0.1) is 57.3 Å². The molecule has 23 nitrogen and oxygen atoms in total. The molecule has 2 heterocycles. The highest BCUT2D eigenvalue weighted by molar-refractivity contribution is 5.98. The van der Waals surface area contributed by atoms with Gasteiger partial charge in [-0.3, -0.25) is 48.4 Å². The van der Waals surface area contributed by atoms with Crippen molar-refractivity contribution in [3.63, 3.8) is 0 Å². The Morgan fingerprint density at radius 3 is 1.71 bits per heavy atom. The third-order valence-corrected chi connectivity index (χ3v) is 16.8. The molecule has 6 rings (SSSR count). The van der Waals surface area contributed by atoms with E-state index in [1.165, 1.54) is 0 Å². The lowest BCUT2D eigenvalue weighted by Crippen LogP contribution is -2.62. The number of ether oxygens (including phenoxy) is 2. The lowest BCUT2D eigenvalue weighted by Gasteiger charge is -2.49. The molecule has 4 unspecified atom stereocenters. The number of methoxy groups -OCH3 is 2. The van der Waals surface area contributed by atoms with Crippen LogP contribution in [0.2, 0.25) is 0 Å². The van der Waals surface area contributed by atoms with Crippen LogP contribution in [-0.4, -0.2) is 252 Å². The number of hydrogen-bond acceptors (Lipinski definition) is 15. The minimum Gasteiger partial charge on any atom is -0.496 e. The van der Waals surface area contributed by atoms with Crippen LogP contribution in [0.25, 0.3) is 16.9 Å². The van der Waals surface area contributed by atoms with E-state index in [0.29, 0.717) is 117 Å². The van der Waals surface area contributed by atoms with Gasteiger partial charge in [0.15, 0.2) is 5.69 Å². The Bertz CT molecular complexity index is 2650. The van der Waals surface area contributed by atoms with E-state index in [0.717, 1.165) is 37.7 Å². The third-order valence-electron chi connectivity index (χ3n) is 16.8. The van der Waals surface area contributed by atoms with Crippen molar-refractivity contribution >= 4 is 41.6 Å². The highest BCUT2D eigenvalue weighted by atomic mass is 16.5. The van der Waals surface area contributed by atoms with Crippen LogP contribution in [0.4, 0.5) is 0 Å². The van der Waals surface area contributed by atoms with Gasteiger partial charge in [0, 0.05) is 85.1 Å². The molecular weight excluding hydrogens is 1060 g/mol. The number of carboxylic acids is 4. The summed E-state index contributed by atoms with van der Waals surface area (Å²) >= 11 is 0. The van der Waals surface area contributed by atoms with Gasteiger partial charge in [-0.2, -0.15) is 5.10 Å². The summed E-state index contributed by atoms with van der Waals surface area (Å²) in [4.78, 5) is 103. The number of nitrogens with zero attached hydrogens (tertiary/aromatic N) is 9. The number of aromatic nitrogens is 2. The zero-order valence-corrected chi connectivity index (χ0v) is 49.3. The molecule has 3 aromatic rings. The molecule has 5 N–H and O–H groups in total. The molecule has 2 bridgehead atoms. The Hall–Kier alpha value is -6.66. The van der Waals surface area contributed by atoms with Crippen molar-refractivity contribution in [2.45, 2.75) is 83.6 Å². The maximum atomic E-state index is 14.5. The number of benzene rings is 2. The maximum absolute atomic E-state index is 14.5. The van der Waals surface area contributed by atoms with E-state index in [1.54, 1.807) is 87.8 Å². The van der Waals surface area contributed by atoms with Gasteiger partial charge in [0.1, 0.15) is 17.0 Å². The van der Waals surface area contributed by atoms with Gasteiger partial charge in [-0.05, 0) is 131 Å². The molecule has 2 aromatic carbocycles. The first kappa shape index (κ1) is 64.5. The summed E-state index contributed by atoms with van der Waals surface area (Å²) in [5, 5.41) is 47.4. The second kappa shape index (κ2) is 30.1. The minimum absolute atomic E-state index is 0.0306. The maximum Gasteiger partial charge on any atom is 0.329 e. The standard InChI is InChI=1S/C59H88N10O13/c1-9-41-31-42-17-18-59(58(79)80,44(32-41)33-42)60-56(77)46-35-48(55-49(81-7)13-10-14-50(55)82-8)69(61-46)47-16-15-43(34-45(47)40(2)3)57(78)64(6)22-12-20-62(4)19-11-21-63(5)51(70)36-65-23-25-66(37-52(71)72)27-29-68(39-54(75)76)30-28-67(26-24-65)38-53(73)74/h10,13-16,34-35,40-42,44H,9,11-12,17-33,36-39H2,1-8H3,(H,60,77)(H,71,72)(H,73,74)(H,75,76)(H,79,80). The van der Waals surface area contributed by atoms with Crippen LogP contribution < -0.4 is 14.8 Å². The number of carbonyl (C=O) groups excluding carboxylic acids is 3. The molecule has 1 saturated heterocycles. The summed E-state index contributed by atoms with van der Waals surface area (Å²) in [6.45, 7) is 10.3. The smallest absolute Gasteiger partial charge is 0.329 e. The van der Waals surface area contributed by atoms with E-state index < -0.39 is 35.3 Å². The fraction of sp³-hybridized carbons (Fsp3) is 0.627. The van der Waals surface area contributed by atoms with Crippen molar-refractivity contribution in [1.82, 2.24) is 49.4 Å². The van der Waals surface area contributed by atoms with Crippen molar-refractivity contribution in [1.29, 1.82) is 0 Å². The predicted octanol–water partition coefficient (Wildman–Crippen LogP) is 4.19. The molecule has 23 heteroatoms. The number of likely N-dealkylation sites (N-methyl/N-ethyl adjacent to an activating group) is 1. The quantitative estimate of drug-likeness (QED) is 0.0754. The Balaban J connectivity index is 1.08. The molecule has 2 saturated carbocycles. The van der Waals surface area contributed by atoms with Gasteiger partial charge in [0.2, 0.25) is 5.91 Å². The van der Waals surface area contributed by atoms with Crippen LogP contribution in [0, 0.1) is 17.8 Å². The normalized spacial score (nSPS) is 20.6. The lowest BCUT2D eigenvalue weighted by atomic mass is 9.59. The van der Waals surface area contributed by atoms with Gasteiger partial charge in [0.25, 0.3) is 11.8 Å². The number of amides is 3. The van der Waals surface area contributed by atoms with Gasteiger partial charge in [-0.25, -0.2) is 9.48 Å². The molecule has 82 heavy (non-hydrogen) atoms. The summed E-state index contributed by atoms with van der Waals surface area (Å²) < 4.78 is 13.3.